The van der Waals surface area contributed by atoms with Gasteiger partial charge in [0.15, 0.2) is 0 Å². The molecule has 5 rings (SSSR count). The molecule has 0 aliphatic rings. The summed E-state index contributed by atoms with van der Waals surface area (Å²) in [6.07, 6.45) is 0.415. The minimum absolute atomic E-state index is 0.210. The third-order valence-corrected chi connectivity index (χ3v) is 5.78. The number of benzene rings is 3. The van der Waals surface area contributed by atoms with Crippen molar-refractivity contribution in [1.82, 2.24) is 10.1 Å². The first-order chi connectivity index (χ1) is 16.2. The van der Waals surface area contributed by atoms with E-state index in [-0.39, 0.29) is 5.91 Å². The van der Waals surface area contributed by atoms with E-state index in [1.807, 2.05) is 72.1 Å². The lowest BCUT2D eigenvalue weighted by Gasteiger charge is -2.10. The van der Waals surface area contributed by atoms with Gasteiger partial charge in [-0.05, 0) is 59.5 Å². The molecule has 0 spiro atoms. The number of para-hydroxylation sites is 2. The Morgan fingerprint density at radius 1 is 0.879 bits per heavy atom. The van der Waals surface area contributed by atoms with Crippen LogP contribution in [0.15, 0.2) is 101 Å². The van der Waals surface area contributed by atoms with Crippen LogP contribution in [0.4, 0.5) is 5.69 Å². The molecule has 0 bridgehead atoms. The lowest BCUT2D eigenvalue weighted by Crippen LogP contribution is -2.13. The van der Waals surface area contributed by atoms with E-state index in [1.54, 1.807) is 35.6 Å². The van der Waals surface area contributed by atoms with Gasteiger partial charge in [0.2, 0.25) is 11.7 Å². The minimum Gasteiger partial charge on any atom is -0.457 e. The fraction of sp³-hybridized carbons (Fsp3) is 0.0385. The van der Waals surface area contributed by atoms with Gasteiger partial charge >= 0.3 is 0 Å². The van der Waals surface area contributed by atoms with Crippen molar-refractivity contribution in [3.8, 4) is 22.2 Å². The van der Waals surface area contributed by atoms with Gasteiger partial charge in [0, 0.05) is 11.3 Å². The van der Waals surface area contributed by atoms with E-state index in [9.17, 15) is 4.79 Å². The first kappa shape index (κ1) is 20.7. The van der Waals surface area contributed by atoms with Crippen LogP contribution in [0.2, 0.25) is 0 Å². The van der Waals surface area contributed by atoms with E-state index in [2.05, 4.69) is 15.5 Å². The molecule has 7 heteroatoms. The van der Waals surface area contributed by atoms with Gasteiger partial charge < -0.3 is 14.6 Å². The number of anilines is 1. The van der Waals surface area contributed by atoms with E-state index in [0.717, 1.165) is 16.2 Å². The Morgan fingerprint density at radius 3 is 2.42 bits per heavy atom. The molecule has 2 heterocycles. The smallest absolute Gasteiger partial charge is 0.255 e. The highest BCUT2D eigenvalue weighted by Gasteiger charge is 2.14. The summed E-state index contributed by atoms with van der Waals surface area (Å²) in [5.41, 5.74) is 2.11. The van der Waals surface area contributed by atoms with Crippen molar-refractivity contribution in [2.75, 3.05) is 5.32 Å². The second-order valence-electron chi connectivity index (χ2n) is 7.22. The number of ether oxygens (including phenoxy) is 1. The van der Waals surface area contributed by atoms with Crippen molar-refractivity contribution in [3.63, 3.8) is 0 Å². The van der Waals surface area contributed by atoms with E-state index in [0.29, 0.717) is 35.1 Å². The molecular formula is C26H19N3O3S. The zero-order valence-electron chi connectivity index (χ0n) is 17.5. The zero-order chi connectivity index (χ0) is 22.5. The summed E-state index contributed by atoms with van der Waals surface area (Å²) in [4.78, 5) is 18.3. The van der Waals surface area contributed by atoms with E-state index >= 15 is 0 Å². The number of rotatable bonds is 7. The zero-order valence-corrected chi connectivity index (χ0v) is 18.3. The predicted molar refractivity (Wildman–Crippen MR) is 128 cm³/mol. The molecule has 5 aromatic rings. The molecule has 0 atom stereocenters. The number of nitrogens with one attached hydrogen (secondary N) is 1. The van der Waals surface area contributed by atoms with Gasteiger partial charge in [-0.2, -0.15) is 4.98 Å². The number of hydrogen-bond donors (Lipinski definition) is 1. The van der Waals surface area contributed by atoms with Crippen LogP contribution in [-0.2, 0) is 6.42 Å². The highest BCUT2D eigenvalue weighted by Crippen LogP contribution is 2.25. The Kier molecular flexibility index (Phi) is 5.95. The van der Waals surface area contributed by atoms with Crippen molar-refractivity contribution < 1.29 is 14.1 Å². The SMILES string of the molecule is O=C(Nc1ccccc1Cc1nc(-c2cccs2)no1)c1ccc(Oc2ccccc2)cc1. The summed E-state index contributed by atoms with van der Waals surface area (Å²) >= 11 is 1.56. The summed E-state index contributed by atoms with van der Waals surface area (Å²) in [6, 6.07) is 28.0. The van der Waals surface area contributed by atoms with Gasteiger partial charge in [-0.3, -0.25) is 4.79 Å². The first-order valence-corrected chi connectivity index (χ1v) is 11.2. The standard InChI is InChI=1S/C26H19N3O3S/c30-26(18-12-14-21(15-13-18)31-20-8-2-1-3-9-20)27-22-10-5-4-7-19(22)17-24-28-25(29-32-24)23-11-6-16-33-23/h1-16H,17H2,(H,27,30). The van der Waals surface area contributed by atoms with Crippen LogP contribution in [-0.4, -0.2) is 16.0 Å². The molecule has 0 saturated carbocycles. The molecule has 0 radical (unpaired) electrons. The van der Waals surface area contributed by atoms with Crippen molar-refractivity contribution in [1.29, 1.82) is 0 Å². The van der Waals surface area contributed by atoms with E-state index < -0.39 is 0 Å². The molecule has 33 heavy (non-hydrogen) atoms. The number of aromatic nitrogens is 2. The summed E-state index contributed by atoms with van der Waals surface area (Å²) < 4.78 is 11.2. The average Bonchev–Trinajstić information content (AvgIpc) is 3.54. The number of carbonyl (C=O) groups is 1. The molecule has 3 aromatic carbocycles. The van der Waals surface area contributed by atoms with Gasteiger partial charge in [0.25, 0.3) is 5.91 Å². The van der Waals surface area contributed by atoms with Crippen LogP contribution < -0.4 is 10.1 Å². The van der Waals surface area contributed by atoms with Crippen LogP contribution in [0, 0.1) is 0 Å². The highest BCUT2D eigenvalue weighted by molar-refractivity contribution is 7.13. The normalized spacial score (nSPS) is 10.7. The molecule has 0 aliphatic carbocycles. The van der Waals surface area contributed by atoms with Crippen LogP contribution in [0.25, 0.3) is 10.7 Å². The molecule has 1 N–H and O–H groups in total. The Morgan fingerprint density at radius 2 is 1.64 bits per heavy atom. The third kappa shape index (κ3) is 4.99. The van der Waals surface area contributed by atoms with E-state index in [4.69, 9.17) is 9.26 Å². The predicted octanol–water partition coefficient (Wildman–Crippen LogP) is 6.43. The minimum atomic E-state index is -0.210. The fourth-order valence-electron chi connectivity index (χ4n) is 3.29. The maximum absolute atomic E-state index is 12.8. The molecule has 2 aromatic heterocycles. The Bertz CT molecular complexity index is 1350. The summed E-state index contributed by atoms with van der Waals surface area (Å²) in [5.74, 6) is 2.25. The van der Waals surface area contributed by atoms with Gasteiger partial charge in [-0.15, -0.1) is 11.3 Å². The van der Waals surface area contributed by atoms with Crippen LogP contribution in [0.5, 0.6) is 11.5 Å². The Hall–Kier alpha value is -4.23. The third-order valence-electron chi connectivity index (χ3n) is 4.91. The number of carbonyl (C=O) groups excluding carboxylic acids is 1. The first-order valence-electron chi connectivity index (χ1n) is 10.3. The number of thiophene rings is 1. The maximum Gasteiger partial charge on any atom is 0.255 e. The molecule has 0 aliphatic heterocycles. The van der Waals surface area contributed by atoms with Crippen molar-refractivity contribution in [3.05, 3.63) is 113 Å². The lowest BCUT2D eigenvalue weighted by molar-refractivity contribution is 0.102. The fourth-order valence-corrected chi connectivity index (χ4v) is 3.93. The Labute approximate surface area is 194 Å². The summed E-state index contributed by atoms with van der Waals surface area (Å²) in [6.45, 7) is 0. The molecule has 162 valence electrons. The van der Waals surface area contributed by atoms with Crippen LogP contribution >= 0.6 is 11.3 Å². The van der Waals surface area contributed by atoms with E-state index in [1.165, 1.54) is 0 Å². The topological polar surface area (TPSA) is 77.3 Å². The second-order valence-corrected chi connectivity index (χ2v) is 8.16. The van der Waals surface area contributed by atoms with Crippen LogP contribution in [0.3, 0.4) is 0 Å². The van der Waals surface area contributed by atoms with Gasteiger partial charge in [-0.1, -0.05) is 47.6 Å². The monoisotopic (exact) mass is 453 g/mol. The lowest BCUT2D eigenvalue weighted by atomic mass is 10.1. The quantitative estimate of drug-likeness (QED) is 0.307. The van der Waals surface area contributed by atoms with Crippen molar-refractivity contribution >= 4 is 22.9 Å². The summed E-state index contributed by atoms with van der Waals surface area (Å²) in [7, 11) is 0. The molecule has 0 saturated heterocycles. The largest absolute Gasteiger partial charge is 0.457 e. The van der Waals surface area contributed by atoms with Crippen LogP contribution in [0.1, 0.15) is 21.8 Å². The Balaban J connectivity index is 1.27. The maximum atomic E-state index is 12.8. The van der Waals surface area contributed by atoms with Crippen molar-refractivity contribution in [2.45, 2.75) is 6.42 Å². The van der Waals surface area contributed by atoms with Gasteiger partial charge in [0.1, 0.15) is 11.5 Å². The molecular weight excluding hydrogens is 434 g/mol. The number of hydrogen-bond acceptors (Lipinski definition) is 6. The second kappa shape index (κ2) is 9.50. The van der Waals surface area contributed by atoms with Gasteiger partial charge in [-0.25, -0.2) is 0 Å². The average molecular weight is 454 g/mol. The molecule has 6 nitrogen and oxygen atoms in total. The molecule has 1 amide bonds. The number of nitrogens with zero attached hydrogens (tertiary/aromatic N) is 2. The van der Waals surface area contributed by atoms with Gasteiger partial charge in [0.05, 0.1) is 11.3 Å². The van der Waals surface area contributed by atoms with Crippen molar-refractivity contribution in [2.24, 2.45) is 0 Å². The molecule has 0 fully saturated rings. The number of amides is 1. The highest BCUT2D eigenvalue weighted by atomic mass is 32.1. The summed E-state index contributed by atoms with van der Waals surface area (Å²) in [5, 5.41) is 9.01. The molecule has 0 unspecified atom stereocenters.